The molecule has 1 aliphatic heterocycles. The van der Waals surface area contributed by atoms with Crippen LogP contribution in [-0.4, -0.2) is 55.1 Å². The van der Waals surface area contributed by atoms with Gasteiger partial charge in [-0.2, -0.15) is 0 Å². The molecule has 1 aliphatic rings. The SMILES string of the molecule is CCCNC(=O)N1CCN(CCC(C)C)CC1. The summed E-state index contributed by atoms with van der Waals surface area (Å²) in [5, 5.41) is 2.94. The molecule has 4 heteroatoms. The van der Waals surface area contributed by atoms with E-state index in [-0.39, 0.29) is 6.03 Å². The molecule has 0 atom stereocenters. The first-order valence-electron chi connectivity index (χ1n) is 6.88. The number of nitrogens with zero attached hydrogens (tertiary/aromatic N) is 2. The zero-order valence-electron chi connectivity index (χ0n) is 11.5. The summed E-state index contributed by atoms with van der Waals surface area (Å²) in [6.07, 6.45) is 2.25. The zero-order chi connectivity index (χ0) is 12.7. The van der Waals surface area contributed by atoms with Crippen LogP contribution >= 0.6 is 0 Å². The van der Waals surface area contributed by atoms with Crippen molar-refractivity contribution in [3.8, 4) is 0 Å². The number of piperazine rings is 1. The van der Waals surface area contributed by atoms with E-state index >= 15 is 0 Å². The molecule has 0 saturated carbocycles. The molecule has 1 heterocycles. The van der Waals surface area contributed by atoms with Gasteiger partial charge in [0.25, 0.3) is 0 Å². The van der Waals surface area contributed by atoms with Crippen LogP contribution in [0.15, 0.2) is 0 Å². The van der Waals surface area contributed by atoms with Gasteiger partial charge in [0.05, 0.1) is 0 Å². The van der Waals surface area contributed by atoms with Crippen LogP contribution in [0.3, 0.4) is 0 Å². The molecule has 0 bridgehead atoms. The molecule has 17 heavy (non-hydrogen) atoms. The second-order valence-electron chi connectivity index (χ2n) is 5.24. The van der Waals surface area contributed by atoms with Crippen molar-refractivity contribution in [1.82, 2.24) is 15.1 Å². The first kappa shape index (κ1) is 14.3. The fourth-order valence-corrected chi connectivity index (χ4v) is 1.96. The van der Waals surface area contributed by atoms with Gasteiger partial charge in [0.2, 0.25) is 0 Å². The summed E-state index contributed by atoms with van der Waals surface area (Å²) < 4.78 is 0. The van der Waals surface area contributed by atoms with Crippen molar-refractivity contribution in [2.24, 2.45) is 5.92 Å². The Bertz CT molecular complexity index is 223. The van der Waals surface area contributed by atoms with E-state index < -0.39 is 0 Å². The first-order chi connectivity index (χ1) is 8.13. The molecule has 0 aromatic carbocycles. The number of hydrogen-bond acceptors (Lipinski definition) is 2. The van der Waals surface area contributed by atoms with Crippen molar-refractivity contribution in [3.63, 3.8) is 0 Å². The van der Waals surface area contributed by atoms with E-state index in [1.165, 1.54) is 13.0 Å². The number of urea groups is 1. The van der Waals surface area contributed by atoms with Crippen LogP contribution in [0.5, 0.6) is 0 Å². The molecule has 1 saturated heterocycles. The summed E-state index contributed by atoms with van der Waals surface area (Å²) >= 11 is 0. The highest BCUT2D eigenvalue weighted by molar-refractivity contribution is 5.74. The van der Waals surface area contributed by atoms with Crippen molar-refractivity contribution in [1.29, 1.82) is 0 Å². The molecule has 0 unspecified atom stereocenters. The van der Waals surface area contributed by atoms with Crippen LogP contribution < -0.4 is 5.32 Å². The molecular formula is C13H27N3O. The van der Waals surface area contributed by atoms with Crippen LogP contribution in [0.2, 0.25) is 0 Å². The topological polar surface area (TPSA) is 35.6 Å². The molecule has 0 aromatic rings. The largest absolute Gasteiger partial charge is 0.338 e. The number of hydrogen-bond donors (Lipinski definition) is 1. The molecule has 0 radical (unpaired) electrons. The Morgan fingerprint density at radius 2 is 1.88 bits per heavy atom. The van der Waals surface area contributed by atoms with Crippen LogP contribution in [0.4, 0.5) is 4.79 Å². The Balaban J connectivity index is 2.18. The fraction of sp³-hybridized carbons (Fsp3) is 0.923. The third kappa shape index (κ3) is 5.39. The predicted octanol–water partition coefficient (Wildman–Crippen LogP) is 1.77. The van der Waals surface area contributed by atoms with Crippen LogP contribution in [0, 0.1) is 5.92 Å². The standard InChI is InChI=1S/C13H27N3O/c1-4-6-14-13(17)16-10-8-15(9-11-16)7-5-12(2)3/h12H,4-11H2,1-3H3,(H,14,17). The average Bonchev–Trinajstić information content (AvgIpc) is 2.34. The van der Waals surface area contributed by atoms with Gasteiger partial charge in [-0.1, -0.05) is 20.8 Å². The smallest absolute Gasteiger partial charge is 0.317 e. The molecule has 1 N–H and O–H groups in total. The minimum Gasteiger partial charge on any atom is -0.338 e. The molecule has 100 valence electrons. The monoisotopic (exact) mass is 241 g/mol. The minimum atomic E-state index is 0.107. The first-order valence-corrected chi connectivity index (χ1v) is 6.88. The molecule has 1 rings (SSSR count). The maximum absolute atomic E-state index is 11.7. The molecule has 1 fully saturated rings. The van der Waals surface area contributed by atoms with Gasteiger partial charge in [0.15, 0.2) is 0 Å². The summed E-state index contributed by atoms with van der Waals surface area (Å²) in [4.78, 5) is 16.1. The zero-order valence-corrected chi connectivity index (χ0v) is 11.5. The predicted molar refractivity (Wildman–Crippen MR) is 71.2 cm³/mol. The van der Waals surface area contributed by atoms with Gasteiger partial charge >= 0.3 is 6.03 Å². The van der Waals surface area contributed by atoms with E-state index in [0.717, 1.165) is 45.1 Å². The number of rotatable bonds is 5. The highest BCUT2D eigenvalue weighted by atomic mass is 16.2. The number of amides is 2. The van der Waals surface area contributed by atoms with Gasteiger partial charge in [0, 0.05) is 32.7 Å². The highest BCUT2D eigenvalue weighted by Gasteiger charge is 2.20. The Kier molecular flexibility index (Phi) is 6.34. The normalized spacial score (nSPS) is 17.5. The Morgan fingerprint density at radius 3 is 2.41 bits per heavy atom. The van der Waals surface area contributed by atoms with E-state index in [2.05, 4.69) is 31.0 Å². The quantitative estimate of drug-likeness (QED) is 0.796. The number of carbonyl (C=O) groups is 1. The van der Waals surface area contributed by atoms with Crippen molar-refractivity contribution in [3.05, 3.63) is 0 Å². The van der Waals surface area contributed by atoms with Crippen molar-refractivity contribution >= 4 is 6.03 Å². The van der Waals surface area contributed by atoms with Crippen LogP contribution in [0.25, 0.3) is 0 Å². The third-order valence-corrected chi connectivity index (χ3v) is 3.21. The molecular weight excluding hydrogens is 214 g/mol. The summed E-state index contributed by atoms with van der Waals surface area (Å²) in [5.74, 6) is 0.765. The Morgan fingerprint density at radius 1 is 1.24 bits per heavy atom. The lowest BCUT2D eigenvalue weighted by Gasteiger charge is -2.35. The summed E-state index contributed by atoms with van der Waals surface area (Å²) in [7, 11) is 0. The molecule has 0 aromatic heterocycles. The summed E-state index contributed by atoms with van der Waals surface area (Å²) in [6.45, 7) is 12.3. The van der Waals surface area contributed by atoms with E-state index in [9.17, 15) is 4.79 Å². The summed E-state index contributed by atoms with van der Waals surface area (Å²) in [6, 6.07) is 0.107. The fourth-order valence-electron chi connectivity index (χ4n) is 1.96. The van der Waals surface area contributed by atoms with Gasteiger partial charge in [0.1, 0.15) is 0 Å². The number of nitrogens with one attached hydrogen (secondary N) is 1. The highest BCUT2D eigenvalue weighted by Crippen LogP contribution is 2.06. The van der Waals surface area contributed by atoms with E-state index in [4.69, 9.17) is 0 Å². The van der Waals surface area contributed by atoms with Crippen LogP contribution in [0.1, 0.15) is 33.6 Å². The van der Waals surface area contributed by atoms with Gasteiger partial charge < -0.3 is 10.2 Å². The number of carbonyl (C=O) groups excluding carboxylic acids is 1. The second-order valence-corrected chi connectivity index (χ2v) is 5.24. The minimum absolute atomic E-state index is 0.107. The Labute approximate surface area is 105 Å². The van der Waals surface area contributed by atoms with Crippen molar-refractivity contribution in [2.75, 3.05) is 39.3 Å². The lowest BCUT2D eigenvalue weighted by molar-refractivity contribution is 0.136. The van der Waals surface area contributed by atoms with Gasteiger partial charge in [-0.15, -0.1) is 0 Å². The van der Waals surface area contributed by atoms with Crippen LogP contribution in [-0.2, 0) is 0 Å². The van der Waals surface area contributed by atoms with Gasteiger partial charge in [-0.25, -0.2) is 4.79 Å². The second kappa shape index (κ2) is 7.54. The Hall–Kier alpha value is -0.770. The molecule has 0 spiro atoms. The maximum Gasteiger partial charge on any atom is 0.317 e. The maximum atomic E-state index is 11.7. The van der Waals surface area contributed by atoms with E-state index in [1.807, 2.05) is 4.90 Å². The lowest BCUT2D eigenvalue weighted by Crippen LogP contribution is -2.52. The third-order valence-electron chi connectivity index (χ3n) is 3.21. The molecule has 2 amide bonds. The lowest BCUT2D eigenvalue weighted by atomic mass is 10.1. The van der Waals surface area contributed by atoms with Gasteiger partial charge in [-0.05, 0) is 25.3 Å². The van der Waals surface area contributed by atoms with E-state index in [1.54, 1.807) is 0 Å². The molecule has 4 nitrogen and oxygen atoms in total. The molecule has 0 aliphatic carbocycles. The summed E-state index contributed by atoms with van der Waals surface area (Å²) in [5.41, 5.74) is 0. The van der Waals surface area contributed by atoms with Crippen molar-refractivity contribution in [2.45, 2.75) is 33.6 Å². The van der Waals surface area contributed by atoms with Crippen molar-refractivity contribution < 1.29 is 4.79 Å². The average molecular weight is 241 g/mol. The van der Waals surface area contributed by atoms with E-state index in [0.29, 0.717) is 0 Å². The van der Waals surface area contributed by atoms with Gasteiger partial charge in [-0.3, -0.25) is 4.90 Å².